The molecule has 0 saturated heterocycles. The van der Waals surface area contributed by atoms with E-state index in [0.29, 0.717) is 4.88 Å². The van der Waals surface area contributed by atoms with Gasteiger partial charge in [0.2, 0.25) is 0 Å². The Morgan fingerprint density at radius 1 is 1.83 bits per heavy atom. The van der Waals surface area contributed by atoms with Crippen LogP contribution in [0.1, 0.15) is 34.6 Å². The van der Waals surface area contributed by atoms with Crippen LogP contribution in [0, 0.1) is 0 Å². The van der Waals surface area contributed by atoms with Crippen LogP contribution < -0.4 is 5.73 Å². The Balaban J connectivity index is 2.84. The molecule has 0 amide bonds. The van der Waals surface area contributed by atoms with Gasteiger partial charge in [0.1, 0.15) is 4.88 Å². The van der Waals surface area contributed by atoms with Crippen molar-refractivity contribution in [3.8, 4) is 0 Å². The average molecular weight is 185 g/mol. The van der Waals surface area contributed by atoms with Crippen molar-refractivity contribution in [2.45, 2.75) is 19.4 Å². The Labute approximate surface area is 74.8 Å². The molecule has 1 aromatic rings. The number of nitrogens with two attached hydrogens (primary N) is 1. The smallest absolute Gasteiger partial charge is 0.345 e. The quantitative estimate of drug-likeness (QED) is 0.755. The molecule has 3 N–H and O–H groups in total. The molecule has 66 valence electrons. The van der Waals surface area contributed by atoms with Crippen molar-refractivity contribution in [2.24, 2.45) is 5.73 Å². The van der Waals surface area contributed by atoms with E-state index in [9.17, 15) is 4.79 Å². The first-order valence-electron chi connectivity index (χ1n) is 3.72. The third-order valence-corrected chi connectivity index (χ3v) is 2.63. The van der Waals surface area contributed by atoms with Gasteiger partial charge in [-0.05, 0) is 23.4 Å². The number of hydrogen-bond donors (Lipinski definition) is 2. The van der Waals surface area contributed by atoms with Gasteiger partial charge in [-0.3, -0.25) is 0 Å². The fraction of sp³-hybridized carbons (Fsp3) is 0.375. The van der Waals surface area contributed by atoms with Gasteiger partial charge in [-0.2, -0.15) is 0 Å². The van der Waals surface area contributed by atoms with Crippen molar-refractivity contribution in [2.75, 3.05) is 0 Å². The Morgan fingerprint density at radius 3 is 2.92 bits per heavy atom. The number of aromatic carboxylic acids is 1. The highest BCUT2D eigenvalue weighted by Gasteiger charge is 2.10. The van der Waals surface area contributed by atoms with E-state index in [2.05, 4.69) is 0 Å². The molecule has 0 aromatic carbocycles. The molecule has 0 aliphatic carbocycles. The van der Waals surface area contributed by atoms with Crippen molar-refractivity contribution in [3.63, 3.8) is 0 Å². The van der Waals surface area contributed by atoms with Gasteiger partial charge in [0.25, 0.3) is 0 Å². The monoisotopic (exact) mass is 185 g/mol. The Hall–Kier alpha value is -0.870. The highest BCUT2D eigenvalue weighted by atomic mass is 32.1. The maximum atomic E-state index is 10.5. The summed E-state index contributed by atoms with van der Waals surface area (Å²) in [4.78, 5) is 10.9. The van der Waals surface area contributed by atoms with Crippen LogP contribution in [0.5, 0.6) is 0 Å². The Bertz CT molecular complexity index is 282. The minimum absolute atomic E-state index is 0.0330. The lowest BCUT2D eigenvalue weighted by Gasteiger charge is -2.03. The highest BCUT2D eigenvalue weighted by molar-refractivity contribution is 7.12. The zero-order valence-corrected chi connectivity index (χ0v) is 7.60. The van der Waals surface area contributed by atoms with Crippen LogP contribution in [0.4, 0.5) is 0 Å². The van der Waals surface area contributed by atoms with E-state index in [1.807, 2.05) is 6.92 Å². The third-order valence-electron chi connectivity index (χ3n) is 1.70. The number of hydrogen-bond acceptors (Lipinski definition) is 3. The summed E-state index contributed by atoms with van der Waals surface area (Å²) < 4.78 is 0. The number of carboxylic acids is 1. The second-order valence-electron chi connectivity index (χ2n) is 2.56. The largest absolute Gasteiger partial charge is 0.477 e. The van der Waals surface area contributed by atoms with Crippen LogP contribution in [-0.4, -0.2) is 11.1 Å². The van der Waals surface area contributed by atoms with Crippen LogP contribution in [0.25, 0.3) is 0 Å². The average Bonchev–Trinajstić information content (AvgIpc) is 2.51. The van der Waals surface area contributed by atoms with E-state index in [4.69, 9.17) is 10.8 Å². The standard InChI is InChI=1S/C8H11NO2S/c1-2-6(9)5-3-7(8(10)11)12-4-5/h3-4,6H,2,9H2,1H3,(H,10,11). The molecule has 0 saturated carbocycles. The van der Waals surface area contributed by atoms with Crippen molar-refractivity contribution >= 4 is 17.3 Å². The fourth-order valence-corrected chi connectivity index (χ4v) is 1.70. The second-order valence-corrected chi connectivity index (χ2v) is 3.48. The number of thiophene rings is 1. The summed E-state index contributed by atoms with van der Waals surface area (Å²) in [7, 11) is 0. The van der Waals surface area contributed by atoms with Gasteiger partial charge in [0, 0.05) is 6.04 Å². The first kappa shape index (κ1) is 9.22. The fourth-order valence-electron chi connectivity index (χ4n) is 0.893. The molecule has 0 aliphatic rings. The topological polar surface area (TPSA) is 63.3 Å². The van der Waals surface area contributed by atoms with Crippen LogP contribution >= 0.6 is 11.3 Å². The highest BCUT2D eigenvalue weighted by Crippen LogP contribution is 2.21. The molecule has 0 bridgehead atoms. The van der Waals surface area contributed by atoms with Crippen LogP contribution in [0.3, 0.4) is 0 Å². The van der Waals surface area contributed by atoms with Gasteiger partial charge in [0.05, 0.1) is 0 Å². The molecule has 0 spiro atoms. The van der Waals surface area contributed by atoms with Gasteiger partial charge in [-0.15, -0.1) is 11.3 Å². The molecule has 1 atom stereocenters. The SMILES string of the molecule is CCC(N)c1csc(C(=O)O)c1. The number of rotatable bonds is 3. The van der Waals surface area contributed by atoms with Gasteiger partial charge < -0.3 is 10.8 Å². The summed E-state index contributed by atoms with van der Waals surface area (Å²) >= 11 is 1.22. The summed E-state index contributed by atoms with van der Waals surface area (Å²) in [5, 5.41) is 10.4. The summed E-state index contributed by atoms with van der Waals surface area (Å²) in [6, 6.07) is 1.61. The summed E-state index contributed by atoms with van der Waals surface area (Å²) in [5.74, 6) is -0.880. The van der Waals surface area contributed by atoms with E-state index < -0.39 is 5.97 Å². The van der Waals surface area contributed by atoms with Gasteiger partial charge in [0.15, 0.2) is 0 Å². The van der Waals surface area contributed by atoms with Crippen LogP contribution in [0.2, 0.25) is 0 Å². The van der Waals surface area contributed by atoms with E-state index in [0.717, 1.165) is 12.0 Å². The van der Waals surface area contributed by atoms with Crippen LogP contribution in [-0.2, 0) is 0 Å². The molecule has 3 nitrogen and oxygen atoms in total. The Kier molecular flexibility index (Phi) is 2.83. The molecular formula is C8H11NO2S. The molecule has 1 rings (SSSR count). The van der Waals surface area contributed by atoms with E-state index >= 15 is 0 Å². The molecule has 0 fully saturated rings. The van der Waals surface area contributed by atoms with Crippen molar-refractivity contribution in [1.29, 1.82) is 0 Å². The molecule has 0 aliphatic heterocycles. The second kappa shape index (κ2) is 3.69. The first-order chi connectivity index (χ1) is 5.65. The van der Waals surface area contributed by atoms with Crippen molar-refractivity contribution in [3.05, 3.63) is 21.9 Å². The minimum atomic E-state index is -0.880. The van der Waals surface area contributed by atoms with E-state index in [-0.39, 0.29) is 6.04 Å². The van der Waals surface area contributed by atoms with E-state index in [1.165, 1.54) is 11.3 Å². The zero-order chi connectivity index (χ0) is 9.14. The van der Waals surface area contributed by atoms with Crippen molar-refractivity contribution < 1.29 is 9.90 Å². The lowest BCUT2D eigenvalue weighted by Crippen LogP contribution is -2.07. The molecule has 4 heteroatoms. The summed E-state index contributed by atoms with van der Waals surface area (Å²) in [6.45, 7) is 1.97. The predicted octanol–water partition coefficient (Wildman–Crippen LogP) is 1.86. The first-order valence-corrected chi connectivity index (χ1v) is 4.60. The van der Waals surface area contributed by atoms with E-state index in [1.54, 1.807) is 11.4 Å². The number of carbonyl (C=O) groups is 1. The van der Waals surface area contributed by atoms with Gasteiger partial charge in [-0.25, -0.2) is 4.79 Å². The lowest BCUT2D eigenvalue weighted by molar-refractivity contribution is 0.0702. The van der Waals surface area contributed by atoms with Crippen LogP contribution in [0.15, 0.2) is 11.4 Å². The van der Waals surface area contributed by atoms with Gasteiger partial charge in [-0.1, -0.05) is 6.92 Å². The van der Waals surface area contributed by atoms with Crippen molar-refractivity contribution in [1.82, 2.24) is 0 Å². The minimum Gasteiger partial charge on any atom is -0.477 e. The zero-order valence-electron chi connectivity index (χ0n) is 6.78. The maximum absolute atomic E-state index is 10.5. The summed E-state index contributed by atoms with van der Waals surface area (Å²) in [5.41, 5.74) is 6.64. The molecule has 12 heavy (non-hydrogen) atoms. The third kappa shape index (κ3) is 1.84. The molecular weight excluding hydrogens is 174 g/mol. The maximum Gasteiger partial charge on any atom is 0.345 e. The molecule has 1 aromatic heterocycles. The van der Waals surface area contributed by atoms with Gasteiger partial charge >= 0.3 is 5.97 Å². The number of carboxylic acid groups (broad SMARTS) is 1. The molecule has 1 unspecified atom stereocenters. The molecule has 1 heterocycles. The normalized spacial score (nSPS) is 12.8. The summed E-state index contributed by atoms with van der Waals surface area (Å²) in [6.07, 6.45) is 0.829. The molecule has 0 radical (unpaired) electrons. The lowest BCUT2D eigenvalue weighted by atomic mass is 10.1. The Morgan fingerprint density at radius 2 is 2.50 bits per heavy atom. The predicted molar refractivity (Wildman–Crippen MR) is 48.5 cm³/mol.